The number of para-hydroxylation sites is 1. The van der Waals surface area contributed by atoms with Crippen molar-refractivity contribution in [3.63, 3.8) is 0 Å². The van der Waals surface area contributed by atoms with E-state index in [1.54, 1.807) is 23.1 Å². The van der Waals surface area contributed by atoms with E-state index in [1.807, 2.05) is 0 Å². The number of nitro groups is 1. The molecule has 0 saturated carbocycles. The molecule has 27 heavy (non-hydrogen) atoms. The van der Waals surface area contributed by atoms with Gasteiger partial charge in [0.05, 0.1) is 4.92 Å². The van der Waals surface area contributed by atoms with E-state index in [0.29, 0.717) is 37.4 Å². The highest BCUT2D eigenvalue weighted by atomic mass is 32.2. The van der Waals surface area contributed by atoms with E-state index in [0.717, 1.165) is 6.26 Å². The molecule has 0 amide bonds. The van der Waals surface area contributed by atoms with Gasteiger partial charge in [-0.25, -0.2) is 12.8 Å². The predicted molar refractivity (Wildman–Crippen MR) is 98.5 cm³/mol. The highest BCUT2D eigenvalue weighted by Crippen LogP contribution is 2.36. The molecule has 1 heterocycles. The van der Waals surface area contributed by atoms with Crippen molar-refractivity contribution in [3.8, 4) is 5.75 Å². The van der Waals surface area contributed by atoms with E-state index in [4.69, 9.17) is 4.74 Å². The van der Waals surface area contributed by atoms with Crippen LogP contribution in [0.2, 0.25) is 0 Å². The van der Waals surface area contributed by atoms with Crippen LogP contribution in [0.4, 0.5) is 15.8 Å². The molecule has 1 aliphatic rings. The highest BCUT2D eigenvalue weighted by Gasteiger charge is 2.31. The summed E-state index contributed by atoms with van der Waals surface area (Å²) in [7, 11) is -3.72. The Balaban J connectivity index is 1.76. The van der Waals surface area contributed by atoms with E-state index in [-0.39, 0.29) is 16.8 Å². The first kappa shape index (κ1) is 19.1. The zero-order valence-electron chi connectivity index (χ0n) is 14.7. The van der Waals surface area contributed by atoms with Gasteiger partial charge in [-0.2, -0.15) is 0 Å². The molecule has 3 rings (SSSR count). The van der Waals surface area contributed by atoms with Crippen molar-refractivity contribution in [2.45, 2.75) is 23.8 Å². The Morgan fingerprint density at radius 3 is 2.33 bits per heavy atom. The maximum absolute atomic E-state index is 13.0. The van der Waals surface area contributed by atoms with Crippen LogP contribution in [-0.4, -0.2) is 38.8 Å². The van der Waals surface area contributed by atoms with Gasteiger partial charge < -0.3 is 9.64 Å². The van der Waals surface area contributed by atoms with Gasteiger partial charge in [-0.3, -0.25) is 10.1 Å². The fourth-order valence-corrected chi connectivity index (χ4v) is 4.02. The molecule has 0 unspecified atom stereocenters. The van der Waals surface area contributed by atoms with Crippen LogP contribution in [0, 0.1) is 15.9 Å². The Hall–Kier alpha value is -2.68. The van der Waals surface area contributed by atoms with Gasteiger partial charge in [0.15, 0.2) is 9.84 Å². The van der Waals surface area contributed by atoms with Crippen LogP contribution in [0.5, 0.6) is 5.75 Å². The van der Waals surface area contributed by atoms with Gasteiger partial charge in [-0.05, 0) is 36.4 Å². The quantitative estimate of drug-likeness (QED) is 0.572. The molecule has 0 radical (unpaired) electrons. The van der Waals surface area contributed by atoms with Gasteiger partial charge in [0.2, 0.25) is 0 Å². The van der Waals surface area contributed by atoms with Crippen molar-refractivity contribution in [1.82, 2.24) is 0 Å². The summed E-state index contributed by atoms with van der Waals surface area (Å²) < 4.78 is 42.6. The van der Waals surface area contributed by atoms with Crippen molar-refractivity contribution < 1.29 is 22.5 Å². The standard InChI is InChI=1S/C18H19FN2O5S/c1-27(24,25)17-4-2-3-16(18(17)21(22)23)20-11-9-15(10-12-20)26-14-7-5-13(19)6-8-14/h2-8,15H,9-12H2,1H3. The normalized spacial score (nSPS) is 15.6. The molecule has 144 valence electrons. The van der Waals surface area contributed by atoms with Gasteiger partial charge in [0.25, 0.3) is 0 Å². The number of nitro benzene ring substituents is 1. The first-order valence-corrected chi connectivity index (χ1v) is 10.3. The Labute approximate surface area is 156 Å². The van der Waals surface area contributed by atoms with Crippen molar-refractivity contribution in [2.75, 3.05) is 24.2 Å². The highest BCUT2D eigenvalue weighted by molar-refractivity contribution is 7.90. The van der Waals surface area contributed by atoms with Crippen LogP contribution >= 0.6 is 0 Å². The van der Waals surface area contributed by atoms with Crippen molar-refractivity contribution in [3.05, 3.63) is 58.4 Å². The Bertz CT molecular complexity index is 939. The molecule has 9 heteroatoms. The smallest absolute Gasteiger partial charge is 0.311 e. The Morgan fingerprint density at radius 2 is 1.78 bits per heavy atom. The monoisotopic (exact) mass is 394 g/mol. The van der Waals surface area contributed by atoms with E-state index in [2.05, 4.69) is 0 Å². The molecular weight excluding hydrogens is 375 g/mol. The summed E-state index contributed by atoms with van der Waals surface area (Å²) in [6, 6.07) is 10.1. The molecule has 0 atom stereocenters. The van der Waals surface area contributed by atoms with Crippen LogP contribution in [0.15, 0.2) is 47.4 Å². The second kappa shape index (κ2) is 7.51. The lowest BCUT2D eigenvalue weighted by Crippen LogP contribution is -2.38. The van der Waals surface area contributed by atoms with Gasteiger partial charge in [-0.1, -0.05) is 6.07 Å². The molecule has 0 spiro atoms. The lowest BCUT2D eigenvalue weighted by molar-refractivity contribution is -0.387. The second-order valence-electron chi connectivity index (χ2n) is 6.41. The molecule has 2 aromatic carbocycles. The number of nitrogens with zero attached hydrogens (tertiary/aromatic N) is 2. The average Bonchev–Trinajstić information content (AvgIpc) is 2.63. The zero-order valence-corrected chi connectivity index (χ0v) is 15.5. The third kappa shape index (κ3) is 4.36. The summed E-state index contributed by atoms with van der Waals surface area (Å²) in [6.45, 7) is 0.972. The van der Waals surface area contributed by atoms with Gasteiger partial charge in [0, 0.05) is 32.2 Å². The molecule has 1 fully saturated rings. The number of benzene rings is 2. The average molecular weight is 394 g/mol. The van der Waals surface area contributed by atoms with Crippen LogP contribution in [0.1, 0.15) is 12.8 Å². The summed E-state index contributed by atoms with van der Waals surface area (Å²) in [5, 5.41) is 11.5. The Morgan fingerprint density at radius 1 is 1.15 bits per heavy atom. The SMILES string of the molecule is CS(=O)(=O)c1cccc(N2CCC(Oc3ccc(F)cc3)CC2)c1[N+](=O)[O-]. The lowest BCUT2D eigenvalue weighted by atomic mass is 10.1. The van der Waals surface area contributed by atoms with E-state index >= 15 is 0 Å². The Kier molecular flexibility index (Phi) is 5.31. The van der Waals surface area contributed by atoms with E-state index in [9.17, 15) is 22.9 Å². The third-order valence-electron chi connectivity index (χ3n) is 4.46. The summed E-state index contributed by atoms with van der Waals surface area (Å²) in [4.78, 5) is 12.4. The predicted octanol–water partition coefficient (Wildman–Crippen LogP) is 3.19. The molecule has 2 aromatic rings. The largest absolute Gasteiger partial charge is 0.490 e. The minimum absolute atomic E-state index is 0.0937. The molecule has 0 aromatic heterocycles. The number of hydrogen-bond donors (Lipinski definition) is 0. The first-order valence-electron chi connectivity index (χ1n) is 8.40. The summed E-state index contributed by atoms with van der Waals surface area (Å²) in [5.41, 5.74) is -0.0962. The number of sulfone groups is 1. The number of halogens is 1. The fraction of sp³-hybridized carbons (Fsp3) is 0.333. The van der Waals surface area contributed by atoms with Gasteiger partial charge in [-0.15, -0.1) is 0 Å². The molecular formula is C18H19FN2O5S. The molecule has 0 N–H and O–H groups in total. The number of hydrogen-bond acceptors (Lipinski definition) is 6. The molecule has 1 saturated heterocycles. The van der Waals surface area contributed by atoms with Crippen LogP contribution in [0.25, 0.3) is 0 Å². The van der Waals surface area contributed by atoms with Gasteiger partial charge in [0.1, 0.15) is 28.3 Å². The zero-order chi connectivity index (χ0) is 19.6. The number of piperidine rings is 1. The first-order chi connectivity index (χ1) is 12.8. The maximum Gasteiger partial charge on any atom is 0.311 e. The minimum Gasteiger partial charge on any atom is -0.490 e. The van der Waals surface area contributed by atoms with E-state index < -0.39 is 20.4 Å². The fourth-order valence-electron chi connectivity index (χ4n) is 3.17. The summed E-state index contributed by atoms with van der Waals surface area (Å²) in [5.74, 6) is 0.232. The number of rotatable bonds is 5. The van der Waals surface area contributed by atoms with Crippen LogP contribution in [-0.2, 0) is 9.84 Å². The van der Waals surface area contributed by atoms with Crippen LogP contribution in [0.3, 0.4) is 0 Å². The summed E-state index contributed by atoms with van der Waals surface area (Å²) >= 11 is 0. The van der Waals surface area contributed by atoms with Crippen molar-refractivity contribution >= 4 is 21.2 Å². The molecule has 0 bridgehead atoms. The van der Waals surface area contributed by atoms with Crippen LogP contribution < -0.4 is 9.64 Å². The third-order valence-corrected chi connectivity index (χ3v) is 5.59. The number of anilines is 1. The molecule has 1 aliphatic heterocycles. The molecule has 7 nitrogen and oxygen atoms in total. The van der Waals surface area contributed by atoms with Crippen molar-refractivity contribution in [2.24, 2.45) is 0 Å². The topological polar surface area (TPSA) is 89.8 Å². The van der Waals surface area contributed by atoms with E-state index in [1.165, 1.54) is 24.3 Å². The second-order valence-corrected chi connectivity index (χ2v) is 8.40. The minimum atomic E-state index is -3.72. The van der Waals surface area contributed by atoms with Gasteiger partial charge >= 0.3 is 5.69 Å². The lowest BCUT2D eigenvalue weighted by Gasteiger charge is -2.33. The molecule has 0 aliphatic carbocycles. The maximum atomic E-state index is 13.0. The summed E-state index contributed by atoms with van der Waals surface area (Å²) in [6.07, 6.45) is 2.08. The van der Waals surface area contributed by atoms with Crippen molar-refractivity contribution in [1.29, 1.82) is 0 Å². The number of ether oxygens (including phenoxy) is 1.